The van der Waals surface area contributed by atoms with Crippen molar-refractivity contribution in [1.29, 1.82) is 0 Å². The SMILES string of the molecule is CCn1c(CN)nnc1-c1ccc(F)cc1Cl. The minimum atomic E-state index is -0.375. The fourth-order valence-corrected chi connectivity index (χ4v) is 1.94. The van der Waals surface area contributed by atoms with Crippen LogP contribution in [0, 0.1) is 5.82 Å². The lowest BCUT2D eigenvalue weighted by atomic mass is 10.2. The van der Waals surface area contributed by atoms with E-state index >= 15 is 0 Å². The van der Waals surface area contributed by atoms with Gasteiger partial charge in [-0.2, -0.15) is 0 Å². The average molecular weight is 255 g/mol. The Bertz CT molecular complexity index is 538. The van der Waals surface area contributed by atoms with E-state index in [1.54, 1.807) is 6.07 Å². The molecule has 0 saturated carbocycles. The Morgan fingerprint density at radius 2 is 2.18 bits per heavy atom. The zero-order chi connectivity index (χ0) is 12.4. The van der Waals surface area contributed by atoms with E-state index in [1.807, 2.05) is 11.5 Å². The van der Waals surface area contributed by atoms with Crippen molar-refractivity contribution in [2.24, 2.45) is 5.73 Å². The van der Waals surface area contributed by atoms with E-state index in [0.29, 0.717) is 35.3 Å². The first-order valence-electron chi connectivity index (χ1n) is 5.25. The molecule has 17 heavy (non-hydrogen) atoms. The highest BCUT2D eigenvalue weighted by atomic mass is 35.5. The molecule has 0 aliphatic rings. The maximum Gasteiger partial charge on any atom is 0.165 e. The summed E-state index contributed by atoms with van der Waals surface area (Å²) in [4.78, 5) is 0. The van der Waals surface area contributed by atoms with Crippen LogP contribution in [0.5, 0.6) is 0 Å². The number of hydrogen-bond acceptors (Lipinski definition) is 3. The van der Waals surface area contributed by atoms with Crippen LogP contribution in [0.4, 0.5) is 4.39 Å². The minimum Gasteiger partial charge on any atom is -0.324 e. The Balaban J connectivity index is 2.56. The Kier molecular flexibility index (Phi) is 3.40. The van der Waals surface area contributed by atoms with Crippen LogP contribution in [0.3, 0.4) is 0 Å². The lowest BCUT2D eigenvalue weighted by Gasteiger charge is -2.07. The summed E-state index contributed by atoms with van der Waals surface area (Å²) in [5, 5.41) is 8.34. The summed E-state index contributed by atoms with van der Waals surface area (Å²) in [5.41, 5.74) is 6.22. The van der Waals surface area contributed by atoms with Gasteiger partial charge in [0.05, 0.1) is 11.6 Å². The number of hydrogen-bond donors (Lipinski definition) is 1. The summed E-state index contributed by atoms with van der Waals surface area (Å²) < 4.78 is 14.8. The summed E-state index contributed by atoms with van der Waals surface area (Å²) in [6.07, 6.45) is 0. The summed E-state index contributed by atoms with van der Waals surface area (Å²) in [7, 11) is 0. The highest BCUT2D eigenvalue weighted by Crippen LogP contribution is 2.27. The molecule has 6 heteroatoms. The van der Waals surface area contributed by atoms with E-state index in [-0.39, 0.29) is 5.82 Å². The van der Waals surface area contributed by atoms with E-state index < -0.39 is 0 Å². The molecule has 1 heterocycles. The first-order chi connectivity index (χ1) is 8.17. The Morgan fingerprint density at radius 1 is 1.41 bits per heavy atom. The molecule has 0 atom stereocenters. The maximum atomic E-state index is 13.0. The maximum absolute atomic E-state index is 13.0. The number of benzene rings is 1. The molecular weight excluding hydrogens is 243 g/mol. The Morgan fingerprint density at radius 3 is 2.76 bits per heavy atom. The third-order valence-corrected chi connectivity index (χ3v) is 2.81. The second kappa shape index (κ2) is 4.81. The predicted molar refractivity (Wildman–Crippen MR) is 64.0 cm³/mol. The van der Waals surface area contributed by atoms with Gasteiger partial charge >= 0.3 is 0 Å². The van der Waals surface area contributed by atoms with Crippen LogP contribution in [-0.2, 0) is 13.1 Å². The smallest absolute Gasteiger partial charge is 0.165 e. The van der Waals surface area contributed by atoms with Gasteiger partial charge in [0.1, 0.15) is 11.6 Å². The van der Waals surface area contributed by atoms with Gasteiger partial charge in [0.25, 0.3) is 0 Å². The molecular formula is C11H12ClFN4. The van der Waals surface area contributed by atoms with Gasteiger partial charge in [-0.1, -0.05) is 11.6 Å². The van der Waals surface area contributed by atoms with Gasteiger partial charge in [0, 0.05) is 12.1 Å². The summed E-state index contributed by atoms with van der Waals surface area (Å²) in [6, 6.07) is 4.19. The quantitative estimate of drug-likeness (QED) is 0.914. The molecule has 0 fully saturated rings. The standard InChI is InChI=1S/C11H12ClFN4/c1-2-17-10(6-14)15-16-11(17)8-4-3-7(13)5-9(8)12/h3-5H,2,6,14H2,1H3. The van der Waals surface area contributed by atoms with Gasteiger partial charge < -0.3 is 10.3 Å². The summed E-state index contributed by atoms with van der Waals surface area (Å²) in [6.45, 7) is 2.95. The zero-order valence-corrected chi connectivity index (χ0v) is 10.1. The molecule has 90 valence electrons. The molecule has 0 saturated heterocycles. The third-order valence-electron chi connectivity index (χ3n) is 2.50. The Labute approximate surface area is 103 Å². The average Bonchev–Trinajstić information content (AvgIpc) is 2.71. The molecule has 1 aromatic heterocycles. The fourth-order valence-electron chi connectivity index (χ4n) is 1.69. The van der Waals surface area contributed by atoms with Gasteiger partial charge in [0.2, 0.25) is 0 Å². The van der Waals surface area contributed by atoms with Crippen LogP contribution < -0.4 is 5.73 Å². The molecule has 2 rings (SSSR count). The first kappa shape index (κ1) is 12.0. The van der Waals surface area contributed by atoms with Gasteiger partial charge in [-0.3, -0.25) is 0 Å². The molecule has 0 amide bonds. The molecule has 0 aliphatic carbocycles. The van der Waals surface area contributed by atoms with Crippen molar-refractivity contribution in [3.05, 3.63) is 34.9 Å². The van der Waals surface area contributed by atoms with Crippen molar-refractivity contribution in [1.82, 2.24) is 14.8 Å². The first-order valence-corrected chi connectivity index (χ1v) is 5.62. The second-order valence-corrected chi connectivity index (χ2v) is 3.92. The molecule has 0 unspecified atom stereocenters. The summed E-state index contributed by atoms with van der Waals surface area (Å²) in [5.74, 6) is 0.918. The van der Waals surface area contributed by atoms with E-state index in [9.17, 15) is 4.39 Å². The number of nitrogens with two attached hydrogens (primary N) is 1. The molecule has 0 bridgehead atoms. The van der Waals surface area contributed by atoms with Crippen LogP contribution in [0.15, 0.2) is 18.2 Å². The topological polar surface area (TPSA) is 56.7 Å². The van der Waals surface area contributed by atoms with E-state index in [1.165, 1.54) is 12.1 Å². The van der Waals surface area contributed by atoms with Gasteiger partial charge in [-0.15, -0.1) is 10.2 Å². The molecule has 0 spiro atoms. The third kappa shape index (κ3) is 2.16. The Hall–Kier alpha value is -1.46. The van der Waals surface area contributed by atoms with Crippen molar-refractivity contribution in [2.45, 2.75) is 20.0 Å². The predicted octanol–water partition coefficient (Wildman–Crippen LogP) is 2.22. The molecule has 0 aliphatic heterocycles. The van der Waals surface area contributed by atoms with Crippen LogP contribution in [0.25, 0.3) is 11.4 Å². The molecule has 2 aromatic rings. The second-order valence-electron chi connectivity index (χ2n) is 3.51. The van der Waals surface area contributed by atoms with Crippen LogP contribution in [0.1, 0.15) is 12.7 Å². The highest BCUT2D eigenvalue weighted by Gasteiger charge is 2.14. The van der Waals surface area contributed by atoms with E-state index in [4.69, 9.17) is 17.3 Å². The monoisotopic (exact) mass is 254 g/mol. The van der Waals surface area contributed by atoms with Crippen LogP contribution in [0.2, 0.25) is 5.02 Å². The van der Waals surface area contributed by atoms with Crippen molar-refractivity contribution in [2.75, 3.05) is 0 Å². The van der Waals surface area contributed by atoms with Gasteiger partial charge in [0.15, 0.2) is 5.82 Å². The number of halogens is 2. The lowest BCUT2D eigenvalue weighted by Crippen LogP contribution is -2.08. The van der Waals surface area contributed by atoms with Crippen molar-refractivity contribution in [3.8, 4) is 11.4 Å². The van der Waals surface area contributed by atoms with Crippen LogP contribution >= 0.6 is 11.6 Å². The molecule has 4 nitrogen and oxygen atoms in total. The van der Waals surface area contributed by atoms with Gasteiger partial charge in [-0.25, -0.2) is 4.39 Å². The number of nitrogens with zero attached hydrogens (tertiary/aromatic N) is 3. The lowest BCUT2D eigenvalue weighted by molar-refractivity contribution is 0.628. The summed E-state index contributed by atoms with van der Waals surface area (Å²) >= 11 is 5.99. The highest BCUT2D eigenvalue weighted by molar-refractivity contribution is 6.33. The van der Waals surface area contributed by atoms with Crippen molar-refractivity contribution >= 4 is 11.6 Å². The van der Waals surface area contributed by atoms with E-state index in [2.05, 4.69) is 10.2 Å². The fraction of sp³-hybridized carbons (Fsp3) is 0.273. The zero-order valence-electron chi connectivity index (χ0n) is 9.32. The van der Waals surface area contributed by atoms with Crippen molar-refractivity contribution < 1.29 is 4.39 Å². The number of aromatic nitrogens is 3. The molecule has 0 radical (unpaired) electrons. The van der Waals surface area contributed by atoms with Crippen molar-refractivity contribution in [3.63, 3.8) is 0 Å². The largest absolute Gasteiger partial charge is 0.324 e. The molecule has 1 aromatic carbocycles. The number of rotatable bonds is 3. The normalized spacial score (nSPS) is 10.8. The van der Waals surface area contributed by atoms with E-state index in [0.717, 1.165) is 0 Å². The van der Waals surface area contributed by atoms with Gasteiger partial charge in [-0.05, 0) is 25.1 Å². The van der Waals surface area contributed by atoms with Crippen LogP contribution in [-0.4, -0.2) is 14.8 Å². The minimum absolute atomic E-state index is 0.305. The molecule has 2 N–H and O–H groups in total.